The topological polar surface area (TPSA) is 41.5 Å². The minimum atomic E-state index is -0.237. The van der Waals surface area contributed by atoms with Gasteiger partial charge in [0.25, 0.3) is 0 Å². The lowest BCUT2D eigenvalue weighted by molar-refractivity contribution is -0.122. The number of nitrogens with zero attached hydrogens (tertiary/aromatic N) is 1. The molecule has 0 heterocycles. The molecule has 0 bridgehead atoms. The number of hydrazone groups is 1. The average molecular weight is 334 g/mol. The number of nitrogens with one attached hydrogen (secondary N) is 1. The molecule has 2 aromatic rings. The van der Waals surface area contributed by atoms with Crippen LogP contribution < -0.4 is 5.43 Å². The minimum absolute atomic E-state index is 0.00181. The van der Waals surface area contributed by atoms with Gasteiger partial charge in [-0.25, -0.2) is 5.43 Å². The molecule has 1 amide bonds. The molecule has 1 saturated carbocycles. The normalized spacial score (nSPS) is 18.5. The maximum absolute atomic E-state index is 12.7. The van der Waals surface area contributed by atoms with Crippen molar-refractivity contribution in [2.45, 2.75) is 39.5 Å². The first-order valence-corrected chi connectivity index (χ1v) is 8.91. The van der Waals surface area contributed by atoms with Crippen LogP contribution in [-0.4, -0.2) is 12.1 Å². The number of carbonyl (C=O) groups is 1. The van der Waals surface area contributed by atoms with E-state index in [-0.39, 0.29) is 17.2 Å². The molecule has 0 aliphatic heterocycles. The Bertz CT molecular complexity index is 727. The van der Waals surface area contributed by atoms with Gasteiger partial charge in [-0.2, -0.15) is 5.10 Å². The second kappa shape index (κ2) is 6.83. The van der Waals surface area contributed by atoms with Crippen LogP contribution >= 0.6 is 0 Å². The highest BCUT2D eigenvalue weighted by atomic mass is 16.2. The highest BCUT2D eigenvalue weighted by Gasteiger charge is 2.60. The van der Waals surface area contributed by atoms with Gasteiger partial charge in [0, 0.05) is 11.6 Å². The summed E-state index contributed by atoms with van der Waals surface area (Å²) in [5, 5.41) is 4.09. The van der Waals surface area contributed by atoms with Crippen LogP contribution in [0, 0.1) is 25.7 Å². The minimum Gasteiger partial charge on any atom is -0.273 e. The molecule has 1 atom stereocenters. The lowest BCUT2D eigenvalue weighted by atomic mass is 9.85. The van der Waals surface area contributed by atoms with Crippen LogP contribution in [0.4, 0.5) is 0 Å². The smallest absolute Gasteiger partial charge is 0.244 e. The molecular weight excluding hydrogens is 308 g/mol. The molecule has 3 rings (SSSR count). The third-order valence-corrected chi connectivity index (χ3v) is 4.96. The summed E-state index contributed by atoms with van der Waals surface area (Å²) in [5.74, 6) is 0.235. The number of hydrogen-bond donors (Lipinski definition) is 1. The van der Waals surface area contributed by atoms with E-state index in [2.05, 4.69) is 72.9 Å². The van der Waals surface area contributed by atoms with Crippen molar-refractivity contribution in [1.82, 2.24) is 5.43 Å². The van der Waals surface area contributed by atoms with E-state index >= 15 is 0 Å². The van der Waals surface area contributed by atoms with Crippen LogP contribution in [0.2, 0.25) is 0 Å². The van der Waals surface area contributed by atoms with Gasteiger partial charge in [-0.3, -0.25) is 4.79 Å². The van der Waals surface area contributed by atoms with Gasteiger partial charge in [0.05, 0.1) is 5.92 Å². The molecular formula is C22H26N2O. The Labute approximate surface area is 150 Å². The van der Waals surface area contributed by atoms with Gasteiger partial charge in [-0.15, -0.1) is 0 Å². The Kier molecular flexibility index (Phi) is 4.76. The fourth-order valence-corrected chi connectivity index (χ4v) is 3.41. The molecule has 3 nitrogen and oxygen atoms in total. The van der Waals surface area contributed by atoms with E-state index in [4.69, 9.17) is 0 Å². The first-order valence-electron chi connectivity index (χ1n) is 8.91. The van der Waals surface area contributed by atoms with E-state index < -0.39 is 0 Å². The van der Waals surface area contributed by atoms with Crippen molar-refractivity contribution in [2.75, 3.05) is 0 Å². The zero-order chi connectivity index (χ0) is 18.0. The molecule has 25 heavy (non-hydrogen) atoms. The quantitative estimate of drug-likeness (QED) is 0.640. The van der Waals surface area contributed by atoms with Crippen molar-refractivity contribution < 1.29 is 4.79 Å². The van der Waals surface area contributed by atoms with Gasteiger partial charge in [-0.05, 0) is 37.3 Å². The molecule has 2 aromatic carbocycles. The Balaban J connectivity index is 1.91. The highest BCUT2D eigenvalue weighted by molar-refractivity contribution is 5.86. The van der Waals surface area contributed by atoms with E-state index in [0.717, 1.165) is 6.42 Å². The second-order valence-corrected chi connectivity index (χ2v) is 7.46. The van der Waals surface area contributed by atoms with E-state index in [1.165, 1.54) is 22.3 Å². The van der Waals surface area contributed by atoms with Crippen LogP contribution in [0.25, 0.3) is 0 Å². The molecule has 130 valence electrons. The number of hydrogen-bond acceptors (Lipinski definition) is 2. The van der Waals surface area contributed by atoms with Gasteiger partial charge in [0.2, 0.25) is 5.91 Å². The number of benzene rings is 2. The molecule has 0 unspecified atom stereocenters. The van der Waals surface area contributed by atoms with Crippen LogP contribution in [0.5, 0.6) is 0 Å². The van der Waals surface area contributed by atoms with Gasteiger partial charge >= 0.3 is 0 Å². The summed E-state index contributed by atoms with van der Waals surface area (Å²) >= 11 is 0. The van der Waals surface area contributed by atoms with E-state index in [9.17, 15) is 4.79 Å². The zero-order valence-corrected chi connectivity index (χ0v) is 15.4. The Morgan fingerprint density at radius 3 is 1.96 bits per heavy atom. The van der Waals surface area contributed by atoms with E-state index in [1.54, 1.807) is 6.21 Å². The van der Waals surface area contributed by atoms with Crippen molar-refractivity contribution in [3.05, 3.63) is 70.8 Å². The average Bonchev–Trinajstić information content (AvgIpc) is 3.32. The summed E-state index contributed by atoms with van der Waals surface area (Å²) in [7, 11) is 0. The Morgan fingerprint density at radius 2 is 1.52 bits per heavy atom. The van der Waals surface area contributed by atoms with Crippen molar-refractivity contribution >= 4 is 12.1 Å². The third kappa shape index (κ3) is 3.51. The molecule has 1 aliphatic carbocycles. The van der Waals surface area contributed by atoms with Crippen LogP contribution in [-0.2, 0) is 10.2 Å². The lowest BCUT2D eigenvalue weighted by Gasteiger charge is -2.19. The van der Waals surface area contributed by atoms with Crippen molar-refractivity contribution in [3.63, 3.8) is 0 Å². The maximum atomic E-state index is 12.7. The predicted octanol–water partition coefficient (Wildman–Crippen LogP) is 4.37. The molecule has 1 fully saturated rings. The monoisotopic (exact) mass is 334 g/mol. The Hall–Kier alpha value is -2.42. The van der Waals surface area contributed by atoms with Crippen molar-refractivity contribution in [3.8, 4) is 0 Å². The van der Waals surface area contributed by atoms with Gasteiger partial charge < -0.3 is 0 Å². The summed E-state index contributed by atoms with van der Waals surface area (Å²) < 4.78 is 0. The standard InChI is InChI=1S/C22H26N2O/c1-15(2)14-23-24-21(25)20-13-22(20,18-9-5-16(3)6-10-18)19-11-7-17(4)8-12-19/h5-12,14-15,20H,13H2,1-4H3,(H,24,25)/t20-/m0/s1. The summed E-state index contributed by atoms with van der Waals surface area (Å²) in [5.41, 5.74) is 7.35. The number of aryl methyl sites for hydroxylation is 2. The molecule has 0 aromatic heterocycles. The predicted molar refractivity (Wildman–Crippen MR) is 103 cm³/mol. The molecule has 0 radical (unpaired) electrons. The van der Waals surface area contributed by atoms with Crippen molar-refractivity contribution in [1.29, 1.82) is 0 Å². The SMILES string of the molecule is Cc1ccc(C2(c3ccc(C)cc3)C[C@H]2C(=O)NN=CC(C)C)cc1. The van der Waals surface area contributed by atoms with Crippen LogP contribution in [0.1, 0.15) is 42.5 Å². The maximum Gasteiger partial charge on any atom is 0.244 e. The van der Waals surface area contributed by atoms with Crippen LogP contribution in [0.3, 0.4) is 0 Å². The van der Waals surface area contributed by atoms with Gasteiger partial charge in [-0.1, -0.05) is 73.5 Å². The van der Waals surface area contributed by atoms with Gasteiger partial charge in [0.15, 0.2) is 0 Å². The molecule has 1 N–H and O–H groups in total. The molecule has 0 saturated heterocycles. The second-order valence-electron chi connectivity index (χ2n) is 7.46. The first-order chi connectivity index (χ1) is 11.9. The Morgan fingerprint density at radius 1 is 1.04 bits per heavy atom. The number of carbonyl (C=O) groups excluding carboxylic acids is 1. The third-order valence-electron chi connectivity index (χ3n) is 4.96. The van der Waals surface area contributed by atoms with E-state index in [0.29, 0.717) is 5.92 Å². The molecule has 1 aliphatic rings. The number of amides is 1. The summed E-state index contributed by atoms with van der Waals surface area (Å²) in [6.07, 6.45) is 2.59. The number of rotatable bonds is 5. The summed E-state index contributed by atoms with van der Waals surface area (Å²) in [4.78, 5) is 12.7. The van der Waals surface area contributed by atoms with Gasteiger partial charge in [0.1, 0.15) is 0 Å². The fraction of sp³-hybridized carbons (Fsp3) is 0.364. The lowest BCUT2D eigenvalue weighted by Crippen LogP contribution is -2.25. The summed E-state index contributed by atoms with van der Waals surface area (Å²) in [6.45, 7) is 8.24. The molecule has 0 spiro atoms. The summed E-state index contributed by atoms with van der Waals surface area (Å²) in [6, 6.07) is 17.1. The van der Waals surface area contributed by atoms with Crippen molar-refractivity contribution in [2.24, 2.45) is 16.9 Å². The fourth-order valence-electron chi connectivity index (χ4n) is 3.41. The largest absolute Gasteiger partial charge is 0.273 e. The van der Waals surface area contributed by atoms with E-state index in [1.807, 2.05) is 13.8 Å². The zero-order valence-electron chi connectivity index (χ0n) is 15.4. The first kappa shape index (κ1) is 17.4. The van der Waals surface area contributed by atoms with Crippen LogP contribution in [0.15, 0.2) is 53.6 Å². The molecule has 3 heteroatoms. The highest BCUT2D eigenvalue weighted by Crippen LogP contribution is 2.59.